The van der Waals surface area contributed by atoms with Crippen LogP contribution in [0, 0.1) is 11.8 Å². The summed E-state index contributed by atoms with van der Waals surface area (Å²) in [6.45, 7) is 7.78. The van der Waals surface area contributed by atoms with Crippen LogP contribution in [0.25, 0.3) is 0 Å². The molecule has 1 saturated carbocycles. The van der Waals surface area contributed by atoms with Crippen LogP contribution in [-0.2, 0) is 0 Å². The standard InChI is InChI=1S/C14H29N3/c1-2-6-16-14-9-13(8-12-3-4-12)10-17(11-14)7-5-15/h12-14,16H,2-11,15H2,1H3. The fraction of sp³-hybridized carbons (Fsp3) is 1.00. The van der Waals surface area contributed by atoms with Crippen molar-refractivity contribution in [3.05, 3.63) is 0 Å². The van der Waals surface area contributed by atoms with Crippen LogP contribution in [0.15, 0.2) is 0 Å². The third-order valence-electron chi connectivity index (χ3n) is 4.10. The van der Waals surface area contributed by atoms with E-state index < -0.39 is 0 Å². The second-order valence-electron chi connectivity index (χ2n) is 5.98. The van der Waals surface area contributed by atoms with Gasteiger partial charge in [0.2, 0.25) is 0 Å². The number of nitrogens with one attached hydrogen (secondary N) is 1. The maximum atomic E-state index is 5.70. The highest BCUT2D eigenvalue weighted by Gasteiger charge is 2.31. The van der Waals surface area contributed by atoms with Gasteiger partial charge >= 0.3 is 0 Å². The van der Waals surface area contributed by atoms with Crippen molar-refractivity contribution in [1.29, 1.82) is 0 Å². The topological polar surface area (TPSA) is 41.3 Å². The Labute approximate surface area is 106 Å². The first-order valence-electron chi connectivity index (χ1n) is 7.47. The van der Waals surface area contributed by atoms with Crippen LogP contribution >= 0.6 is 0 Å². The Morgan fingerprint density at radius 2 is 2.06 bits per heavy atom. The SMILES string of the molecule is CCCNC1CC(CC2CC2)CN(CCN)C1. The molecule has 0 spiro atoms. The Morgan fingerprint density at radius 1 is 1.24 bits per heavy atom. The van der Waals surface area contributed by atoms with Gasteiger partial charge in [0.05, 0.1) is 0 Å². The summed E-state index contributed by atoms with van der Waals surface area (Å²) in [6, 6.07) is 0.707. The first kappa shape index (κ1) is 13.3. The monoisotopic (exact) mass is 239 g/mol. The lowest BCUT2D eigenvalue weighted by molar-refractivity contribution is 0.136. The minimum absolute atomic E-state index is 0.707. The second kappa shape index (κ2) is 6.72. The van der Waals surface area contributed by atoms with Gasteiger partial charge in [0.25, 0.3) is 0 Å². The summed E-state index contributed by atoms with van der Waals surface area (Å²) in [4.78, 5) is 2.57. The minimum atomic E-state index is 0.707. The van der Waals surface area contributed by atoms with Gasteiger partial charge in [-0.05, 0) is 37.6 Å². The van der Waals surface area contributed by atoms with Crippen molar-refractivity contribution in [1.82, 2.24) is 10.2 Å². The van der Waals surface area contributed by atoms with Gasteiger partial charge in [0, 0.05) is 32.2 Å². The molecule has 2 rings (SSSR count). The molecular weight excluding hydrogens is 210 g/mol. The van der Waals surface area contributed by atoms with E-state index in [2.05, 4.69) is 17.1 Å². The fourth-order valence-corrected chi connectivity index (χ4v) is 3.16. The molecule has 1 aliphatic carbocycles. The Bertz CT molecular complexity index is 216. The maximum absolute atomic E-state index is 5.70. The van der Waals surface area contributed by atoms with Crippen LogP contribution in [0.1, 0.15) is 39.0 Å². The van der Waals surface area contributed by atoms with Crippen LogP contribution in [0.2, 0.25) is 0 Å². The zero-order chi connectivity index (χ0) is 12.1. The van der Waals surface area contributed by atoms with E-state index in [0.717, 1.165) is 31.5 Å². The van der Waals surface area contributed by atoms with Gasteiger partial charge in [-0.1, -0.05) is 19.8 Å². The molecule has 1 aliphatic heterocycles. The Kier molecular flexibility index (Phi) is 5.26. The summed E-state index contributed by atoms with van der Waals surface area (Å²) in [7, 11) is 0. The Balaban J connectivity index is 1.79. The molecule has 0 bridgehead atoms. The molecule has 0 amide bonds. The number of hydrogen-bond donors (Lipinski definition) is 2. The predicted molar refractivity (Wildman–Crippen MR) is 73.0 cm³/mol. The molecule has 3 heteroatoms. The van der Waals surface area contributed by atoms with E-state index in [1.807, 2.05) is 0 Å². The lowest BCUT2D eigenvalue weighted by Gasteiger charge is -2.38. The highest BCUT2D eigenvalue weighted by Crippen LogP contribution is 2.37. The molecule has 0 aromatic heterocycles. The third kappa shape index (κ3) is 4.57. The number of nitrogens with zero attached hydrogens (tertiary/aromatic N) is 1. The first-order chi connectivity index (χ1) is 8.31. The van der Waals surface area contributed by atoms with Crippen molar-refractivity contribution in [3.63, 3.8) is 0 Å². The second-order valence-corrected chi connectivity index (χ2v) is 5.98. The summed E-state index contributed by atoms with van der Waals surface area (Å²) < 4.78 is 0. The highest BCUT2D eigenvalue weighted by molar-refractivity contribution is 4.87. The summed E-state index contributed by atoms with van der Waals surface area (Å²) in [5.74, 6) is 1.97. The number of hydrogen-bond acceptors (Lipinski definition) is 3. The lowest BCUT2D eigenvalue weighted by Crippen LogP contribution is -2.50. The number of likely N-dealkylation sites (tertiary alicyclic amines) is 1. The molecule has 17 heavy (non-hydrogen) atoms. The van der Waals surface area contributed by atoms with Gasteiger partial charge in [0.15, 0.2) is 0 Å². The predicted octanol–water partition coefficient (Wildman–Crippen LogP) is 1.44. The van der Waals surface area contributed by atoms with E-state index in [-0.39, 0.29) is 0 Å². The molecule has 0 aromatic carbocycles. The quantitative estimate of drug-likeness (QED) is 0.706. The van der Waals surface area contributed by atoms with Gasteiger partial charge in [-0.25, -0.2) is 0 Å². The Hall–Kier alpha value is -0.120. The number of rotatable bonds is 7. The van der Waals surface area contributed by atoms with E-state index in [1.165, 1.54) is 45.2 Å². The average molecular weight is 239 g/mol. The zero-order valence-corrected chi connectivity index (χ0v) is 11.3. The van der Waals surface area contributed by atoms with Crippen LogP contribution in [0.4, 0.5) is 0 Å². The van der Waals surface area contributed by atoms with Crippen molar-refractivity contribution >= 4 is 0 Å². The molecule has 2 unspecified atom stereocenters. The first-order valence-corrected chi connectivity index (χ1v) is 7.47. The van der Waals surface area contributed by atoms with Gasteiger partial charge in [0.1, 0.15) is 0 Å². The van der Waals surface area contributed by atoms with Gasteiger partial charge in [-0.3, -0.25) is 0 Å². The van der Waals surface area contributed by atoms with Crippen LogP contribution in [-0.4, -0.2) is 43.7 Å². The maximum Gasteiger partial charge on any atom is 0.0198 e. The normalized spacial score (nSPS) is 30.7. The van der Waals surface area contributed by atoms with Crippen LogP contribution in [0.5, 0.6) is 0 Å². The van der Waals surface area contributed by atoms with Crippen molar-refractivity contribution < 1.29 is 0 Å². The van der Waals surface area contributed by atoms with E-state index in [0.29, 0.717) is 6.04 Å². The molecule has 100 valence electrons. The highest BCUT2D eigenvalue weighted by atomic mass is 15.2. The van der Waals surface area contributed by atoms with E-state index in [9.17, 15) is 0 Å². The molecule has 1 heterocycles. The molecule has 1 saturated heterocycles. The zero-order valence-electron chi connectivity index (χ0n) is 11.3. The number of piperidine rings is 1. The van der Waals surface area contributed by atoms with E-state index in [1.54, 1.807) is 0 Å². The van der Waals surface area contributed by atoms with Crippen molar-refractivity contribution in [2.24, 2.45) is 17.6 Å². The summed E-state index contributed by atoms with van der Waals surface area (Å²) in [5, 5.41) is 3.70. The summed E-state index contributed by atoms with van der Waals surface area (Å²) in [6.07, 6.45) is 7.06. The molecule has 2 fully saturated rings. The molecule has 2 atom stereocenters. The molecule has 3 N–H and O–H groups in total. The molecule has 0 radical (unpaired) electrons. The molecular formula is C14H29N3. The van der Waals surface area contributed by atoms with Crippen molar-refractivity contribution in [2.45, 2.75) is 45.1 Å². The smallest absolute Gasteiger partial charge is 0.0198 e. The summed E-state index contributed by atoms with van der Waals surface area (Å²) in [5.41, 5.74) is 5.70. The average Bonchev–Trinajstić information content (AvgIpc) is 3.10. The van der Waals surface area contributed by atoms with Crippen molar-refractivity contribution in [2.75, 3.05) is 32.7 Å². The molecule has 2 aliphatic rings. The lowest BCUT2D eigenvalue weighted by atomic mass is 9.89. The van der Waals surface area contributed by atoms with Crippen LogP contribution < -0.4 is 11.1 Å². The van der Waals surface area contributed by atoms with Gasteiger partial charge in [-0.2, -0.15) is 0 Å². The molecule has 0 aromatic rings. The third-order valence-corrected chi connectivity index (χ3v) is 4.10. The Morgan fingerprint density at radius 3 is 2.71 bits per heavy atom. The van der Waals surface area contributed by atoms with Gasteiger partial charge < -0.3 is 16.0 Å². The van der Waals surface area contributed by atoms with E-state index >= 15 is 0 Å². The fourth-order valence-electron chi connectivity index (χ4n) is 3.16. The summed E-state index contributed by atoms with van der Waals surface area (Å²) >= 11 is 0. The van der Waals surface area contributed by atoms with Crippen LogP contribution in [0.3, 0.4) is 0 Å². The minimum Gasteiger partial charge on any atom is -0.329 e. The number of nitrogens with two attached hydrogens (primary N) is 1. The largest absolute Gasteiger partial charge is 0.329 e. The van der Waals surface area contributed by atoms with Crippen molar-refractivity contribution in [3.8, 4) is 0 Å². The molecule has 3 nitrogen and oxygen atoms in total. The van der Waals surface area contributed by atoms with E-state index in [4.69, 9.17) is 5.73 Å². The van der Waals surface area contributed by atoms with Gasteiger partial charge in [-0.15, -0.1) is 0 Å².